The third-order valence-corrected chi connectivity index (χ3v) is 5.17. The minimum absolute atomic E-state index is 0.0253. The topological polar surface area (TPSA) is 86.7 Å². The number of nitrogens with one attached hydrogen (secondary N) is 1. The molecule has 3 rings (SSSR count). The Bertz CT molecular complexity index is 604. The molecular weight excluding hydrogens is 292 g/mol. The second kappa shape index (κ2) is 5.14. The molecule has 6 nitrogen and oxygen atoms in total. The molecule has 1 aliphatic heterocycles. The van der Waals surface area contributed by atoms with E-state index in [-0.39, 0.29) is 17.3 Å². The zero-order valence-electron chi connectivity index (χ0n) is 11.4. The highest BCUT2D eigenvalue weighted by Gasteiger charge is 2.51. The number of thiophene rings is 1. The van der Waals surface area contributed by atoms with Crippen LogP contribution in [0.1, 0.15) is 47.3 Å². The lowest BCUT2D eigenvalue weighted by Crippen LogP contribution is -2.48. The van der Waals surface area contributed by atoms with E-state index in [1.165, 1.54) is 0 Å². The van der Waals surface area contributed by atoms with E-state index in [0.29, 0.717) is 18.4 Å². The third-order valence-electron chi connectivity index (χ3n) is 4.22. The van der Waals surface area contributed by atoms with E-state index in [9.17, 15) is 14.4 Å². The van der Waals surface area contributed by atoms with Crippen molar-refractivity contribution in [1.82, 2.24) is 10.2 Å². The predicted octanol–water partition coefficient (Wildman–Crippen LogP) is 2.20. The molecule has 1 aromatic heterocycles. The minimum Gasteiger partial charge on any atom is -0.477 e. The van der Waals surface area contributed by atoms with Crippen molar-refractivity contribution in [2.45, 2.75) is 44.2 Å². The van der Waals surface area contributed by atoms with Gasteiger partial charge in [0.25, 0.3) is 5.91 Å². The smallest absolute Gasteiger partial charge is 0.346 e. The van der Waals surface area contributed by atoms with Gasteiger partial charge >= 0.3 is 12.0 Å². The van der Waals surface area contributed by atoms with E-state index < -0.39 is 17.5 Å². The lowest BCUT2D eigenvalue weighted by atomic mass is 9.82. The Hall–Kier alpha value is -1.89. The number of imide groups is 1. The Kier molecular flexibility index (Phi) is 3.44. The molecule has 7 heteroatoms. The van der Waals surface area contributed by atoms with Gasteiger partial charge in [-0.1, -0.05) is 19.3 Å². The number of hydrogen-bond donors (Lipinski definition) is 2. The van der Waals surface area contributed by atoms with Crippen molar-refractivity contribution in [3.8, 4) is 0 Å². The molecule has 0 aromatic carbocycles. The summed E-state index contributed by atoms with van der Waals surface area (Å²) in [5.41, 5.74) is -0.252. The highest BCUT2D eigenvalue weighted by atomic mass is 32.1. The second-order valence-electron chi connectivity index (χ2n) is 5.54. The average Bonchev–Trinajstić information content (AvgIpc) is 3.00. The van der Waals surface area contributed by atoms with Gasteiger partial charge in [-0.05, 0) is 29.9 Å². The first-order chi connectivity index (χ1) is 10.0. The van der Waals surface area contributed by atoms with Gasteiger partial charge in [0.2, 0.25) is 0 Å². The molecule has 2 aliphatic rings. The summed E-state index contributed by atoms with van der Waals surface area (Å²) < 4.78 is 0. The van der Waals surface area contributed by atoms with Gasteiger partial charge < -0.3 is 10.4 Å². The maximum atomic E-state index is 12.6. The van der Waals surface area contributed by atoms with Gasteiger partial charge in [-0.25, -0.2) is 9.59 Å². The molecule has 2 heterocycles. The molecule has 0 atom stereocenters. The average molecular weight is 308 g/mol. The van der Waals surface area contributed by atoms with Crippen molar-refractivity contribution >= 4 is 29.2 Å². The standard InChI is InChI=1S/C14H16N2O4S/c17-11(18)10-9(4-7-21-10)8-16-12(19)14(15-13(16)20)5-2-1-3-6-14/h4,7H,1-3,5-6,8H2,(H,15,20)(H,17,18). The number of rotatable bonds is 3. The summed E-state index contributed by atoms with van der Waals surface area (Å²) >= 11 is 1.10. The molecular formula is C14H16N2O4S. The number of hydrogen-bond acceptors (Lipinski definition) is 4. The first kappa shape index (κ1) is 14.1. The monoisotopic (exact) mass is 308 g/mol. The van der Waals surface area contributed by atoms with Crippen molar-refractivity contribution in [3.05, 3.63) is 21.9 Å². The van der Waals surface area contributed by atoms with Crippen LogP contribution in [-0.4, -0.2) is 33.5 Å². The van der Waals surface area contributed by atoms with Crippen LogP contribution in [0.3, 0.4) is 0 Å². The van der Waals surface area contributed by atoms with E-state index >= 15 is 0 Å². The summed E-state index contributed by atoms with van der Waals surface area (Å²) in [6, 6.07) is 1.24. The summed E-state index contributed by atoms with van der Waals surface area (Å²) in [6.07, 6.45) is 4.28. The molecule has 112 valence electrons. The Labute approximate surface area is 125 Å². The number of urea groups is 1. The van der Waals surface area contributed by atoms with Crippen molar-refractivity contribution in [1.29, 1.82) is 0 Å². The maximum Gasteiger partial charge on any atom is 0.346 e. The fourth-order valence-electron chi connectivity index (χ4n) is 3.13. The van der Waals surface area contributed by atoms with Crippen LogP contribution in [0.5, 0.6) is 0 Å². The maximum absolute atomic E-state index is 12.6. The number of nitrogens with zero attached hydrogens (tertiary/aromatic N) is 1. The molecule has 1 aromatic rings. The zero-order valence-corrected chi connectivity index (χ0v) is 12.2. The van der Waals surface area contributed by atoms with Crippen LogP contribution in [0.4, 0.5) is 4.79 Å². The Morgan fingerprint density at radius 1 is 1.33 bits per heavy atom. The van der Waals surface area contributed by atoms with Crippen LogP contribution in [-0.2, 0) is 11.3 Å². The molecule has 21 heavy (non-hydrogen) atoms. The molecule has 2 fully saturated rings. The van der Waals surface area contributed by atoms with E-state index in [2.05, 4.69) is 5.32 Å². The highest BCUT2D eigenvalue weighted by molar-refractivity contribution is 7.12. The van der Waals surface area contributed by atoms with Crippen LogP contribution in [0.25, 0.3) is 0 Å². The number of carbonyl (C=O) groups excluding carboxylic acids is 2. The van der Waals surface area contributed by atoms with Gasteiger partial charge in [0, 0.05) is 0 Å². The SMILES string of the molecule is O=C(O)c1sccc1CN1C(=O)NC2(CCCCC2)C1=O. The first-order valence-electron chi connectivity index (χ1n) is 6.97. The molecule has 1 saturated heterocycles. The van der Waals surface area contributed by atoms with E-state index in [1.54, 1.807) is 11.4 Å². The fourth-order valence-corrected chi connectivity index (χ4v) is 3.89. The van der Waals surface area contributed by atoms with Crippen molar-refractivity contribution < 1.29 is 19.5 Å². The lowest BCUT2D eigenvalue weighted by Gasteiger charge is -2.30. The molecule has 0 unspecified atom stereocenters. The first-order valence-corrected chi connectivity index (χ1v) is 7.85. The van der Waals surface area contributed by atoms with Crippen molar-refractivity contribution in [2.75, 3.05) is 0 Å². The fraction of sp³-hybridized carbons (Fsp3) is 0.500. The van der Waals surface area contributed by atoms with Crippen molar-refractivity contribution in [2.24, 2.45) is 0 Å². The van der Waals surface area contributed by atoms with Crippen LogP contribution in [0, 0.1) is 0 Å². The quantitative estimate of drug-likeness (QED) is 0.838. The van der Waals surface area contributed by atoms with Gasteiger partial charge in [0.05, 0.1) is 6.54 Å². The zero-order chi connectivity index (χ0) is 15.0. The molecule has 1 aliphatic carbocycles. The number of carboxylic acid groups (broad SMARTS) is 1. The third kappa shape index (κ3) is 2.31. The van der Waals surface area contributed by atoms with E-state index in [4.69, 9.17) is 5.11 Å². The van der Waals surface area contributed by atoms with E-state index in [0.717, 1.165) is 35.5 Å². The molecule has 0 radical (unpaired) electrons. The molecule has 2 N–H and O–H groups in total. The summed E-state index contributed by atoms with van der Waals surface area (Å²) in [7, 11) is 0. The van der Waals surface area contributed by atoms with Gasteiger partial charge in [-0.2, -0.15) is 0 Å². The molecule has 1 saturated carbocycles. The summed E-state index contributed by atoms with van der Waals surface area (Å²) in [4.78, 5) is 37.2. The van der Waals surface area contributed by atoms with Crippen LogP contribution >= 0.6 is 11.3 Å². The van der Waals surface area contributed by atoms with Crippen molar-refractivity contribution in [3.63, 3.8) is 0 Å². The largest absolute Gasteiger partial charge is 0.477 e. The number of amides is 3. The lowest BCUT2D eigenvalue weighted by molar-refractivity contribution is -0.132. The summed E-state index contributed by atoms with van der Waals surface area (Å²) in [5.74, 6) is -1.24. The predicted molar refractivity (Wildman–Crippen MR) is 76.2 cm³/mol. The summed E-state index contributed by atoms with van der Waals surface area (Å²) in [6.45, 7) is 0.0253. The van der Waals surface area contributed by atoms with Gasteiger partial charge in [0.15, 0.2) is 0 Å². The van der Waals surface area contributed by atoms with E-state index in [1.807, 2.05) is 0 Å². The van der Waals surface area contributed by atoms with Crippen LogP contribution in [0.15, 0.2) is 11.4 Å². The van der Waals surface area contributed by atoms with Crippen LogP contribution < -0.4 is 5.32 Å². The highest BCUT2D eigenvalue weighted by Crippen LogP contribution is 2.34. The Balaban J connectivity index is 1.82. The molecule has 0 bridgehead atoms. The normalized spacial score (nSPS) is 20.9. The second-order valence-corrected chi connectivity index (χ2v) is 6.46. The molecule has 1 spiro atoms. The van der Waals surface area contributed by atoms with Crippen LogP contribution in [0.2, 0.25) is 0 Å². The summed E-state index contributed by atoms with van der Waals surface area (Å²) in [5, 5.41) is 13.6. The van der Waals surface area contributed by atoms with Gasteiger partial charge in [0.1, 0.15) is 10.4 Å². The number of carbonyl (C=O) groups is 3. The molecule has 3 amide bonds. The Morgan fingerprint density at radius 2 is 2.05 bits per heavy atom. The Morgan fingerprint density at radius 3 is 2.71 bits per heavy atom. The number of carboxylic acids is 1. The van der Waals surface area contributed by atoms with Gasteiger partial charge in [-0.15, -0.1) is 11.3 Å². The minimum atomic E-state index is -1.03. The van der Waals surface area contributed by atoms with Gasteiger partial charge in [-0.3, -0.25) is 9.69 Å². The number of aromatic carboxylic acids is 1.